The second-order valence-electron chi connectivity index (χ2n) is 13.9. The van der Waals surface area contributed by atoms with Gasteiger partial charge in [-0.1, -0.05) is 104 Å². The number of benzene rings is 2. The van der Waals surface area contributed by atoms with Gasteiger partial charge in [-0.25, -0.2) is 15.0 Å². The zero-order valence-electron chi connectivity index (χ0n) is 30.0. The van der Waals surface area contributed by atoms with Crippen molar-refractivity contribution in [3.8, 4) is 28.3 Å². The number of hydrogen-bond donors (Lipinski definition) is 3. The Hall–Kier alpha value is -4.25. The van der Waals surface area contributed by atoms with Gasteiger partial charge in [0, 0.05) is 34.8 Å². The number of carbonyl (C=O) groups excluding carboxylic acids is 1. The van der Waals surface area contributed by atoms with Crippen molar-refractivity contribution in [1.29, 1.82) is 0 Å². The van der Waals surface area contributed by atoms with Crippen LogP contribution in [0.3, 0.4) is 0 Å². The predicted molar refractivity (Wildman–Crippen MR) is 201 cm³/mol. The van der Waals surface area contributed by atoms with Crippen LogP contribution in [-0.2, 0) is 16.6 Å². The summed E-state index contributed by atoms with van der Waals surface area (Å²) < 4.78 is 5.89. The van der Waals surface area contributed by atoms with Crippen molar-refractivity contribution in [1.82, 2.24) is 15.3 Å². The third-order valence-electron chi connectivity index (χ3n) is 8.34. The summed E-state index contributed by atoms with van der Waals surface area (Å²) in [5.41, 5.74) is 3.47. The summed E-state index contributed by atoms with van der Waals surface area (Å²) in [7, 11) is 0. The maximum Gasteiger partial charge on any atom is 0.321 e. The third-order valence-corrected chi connectivity index (χ3v) is 9.84. The molecule has 1 unspecified atom stereocenters. The first-order valence-corrected chi connectivity index (χ1v) is 18.2. The molecule has 2 atom stereocenters. The number of aliphatic carboxylic acids is 1. The molecule has 4 rings (SSSR count). The minimum Gasteiger partial charge on any atom is -0.494 e. The molecule has 0 aliphatic carbocycles. The second kappa shape index (κ2) is 18.1. The molecule has 266 valence electrons. The number of aliphatic hydroxyl groups is 1. The summed E-state index contributed by atoms with van der Waals surface area (Å²) in [6.07, 6.45) is 8.28. The van der Waals surface area contributed by atoms with Gasteiger partial charge in [-0.15, -0.1) is 11.3 Å². The first kappa shape index (κ1) is 38.6. The molecule has 0 aliphatic rings. The van der Waals surface area contributed by atoms with Gasteiger partial charge in [-0.2, -0.15) is 0 Å². The number of carboxylic acid groups (broad SMARTS) is 1. The summed E-state index contributed by atoms with van der Waals surface area (Å²) >= 11 is 1.36. The van der Waals surface area contributed by atoms with Crippen molar-refractivity contribution in [2.24, 2.45) is 10.9 Å². The SMILES string of the molecule is CCCCCCCOc1ccc(-c2cnc(-c3ccc(CC(=NC(=O)c4ccc(C(C)(C)C)s4)C(O)N[C@@H](C(=O)O)C(C)C)cc3)nc2)cc1. The number of amides is 1. The molecule has 0 radical (unpaired) electrons. The Balaban J connectivity index is 1.45. The van der Waals surface area contributed by atoms with E-state index in [0.717, 1.165) is 45.9 Å². The fourth-order valence-electron chi connectivity index (χ4n) is 5.30. The molecule has 0 spiro atoms. The number of rotatable bonds is 17. The van der Waals surface area contributed by atoms with E-state index in [1.54, 1.807) is 32.3 Å². The molecule has 0 fully saturated rings. The van der Waals surface area contributed by atoms with Gasteiger partial charge in [0.25, 0.3) is 5.91 Å². The van der Waals surface area contributed by atoms with Gasteiger partial charge in [0.1, 0.15) is 18.0 Å². The van der Waals surface area contributed by atoms with Gasteiger partial charge in [-0.3, -0.25) is 14.9 Å². The van der Waals surface area contributed by atoms with E-state index in [-0.39, 0.29) is 23.5 Å². The molecule has 2 heterocycles. The lowest BCUT2D eigenvalue weighted by molar-refractivity contribution is -0.141. The van der Waals surface area contributed by atoms with E-state index in [0.29, 0.717) is 10.7 Å². The molecule has 10 heteroatoms. The summed E-state index contributed by atoms with van der Waals surface area (Å²) in [5.74, 6) is -0.474. The first-order chi connectivity index (χ1) is 23.8. The molecule has 9 nitrogen and oxygen atoms in total. The fourth-order valence-corrected chi connectivity index (χ4v) is 6.25. The number of carboxylic acids is 1. The van der Waals surface area contributed by atoms with Crippen LogP contribution in [0.4, 0.5) is 0 Å². The highest BCUT2D eigenvalue weighted by atomic mass is 32.1. The molecule has 50 heavy (non-hydrogen) atoms. The molecule has 2 aromatic heterocycles. The lowest BCUT2D eigenvalue weighted by atomic mass is 9.95. The smallest absolute Gasteiger partial charge is 0.321 e. The van der Waals surface area contributed by atoms with Crippen LogP contribution in [-0.4, -0.2) is 56.6 Å². The Bertz CT molecular complexity index is 1710. The number of aliphatic hydroxyl groups excluding tert-OH is 1. The van der Waals surface area contributed by atoms with Crippen LogP contribution in [0.25, 0.3) is 22.5 Å². The van der Waals surface area contributed by atoms with Crippen molar-refractivity contribution in [3.05, 3.63) is 88.4 Å². The van der Waals surface area contributed by atoms with Gasteiger partial charge in [0.2, 0.25) is 0 Å². The standard InChI is InChI=1S/C40H50N4O5S/c1-7-8-9-10-11-22-49-31-18-16-28(17-19-31)30-24-41-36(42-25-30)29-14-12-27(13-15-29)23-32(37(45)44-35(26(2)3)39(47)48)43-38(46)33-20-21-34(50-33)40(4,5)6/h12-21,24-26,35,37,44-45H,7-11,22-23H2,1-6H3,(H,47,48)/t35-,37?/m1/s1. The van der Waals surface area contributed by atoms with Gasteiger partial charge in [0.05, 0.1) is 17.2 Å². The number of unbranched alkanes of at least 4 members (excludes halogenated alkanes) is 4. The largest absolute Gasteiger partial charge is 0.494 e. The lowest BCUT2D eigenvalue weighted by Crippen LogP contribution is -2.50. The molecule has 0 saturated heterocycles. The number of carbonyl (C=O) groups is 2. The van der Waals surface area contributed by atoms with E-state index in [9.17, 15) is 19.8 Å². The maximum atomic E-state index is 13.3. The van der Waals surface area contributed by atoms with E-state index >= 15 is 0 Å². The highest BCUT2D eigenvalue weighted by Crippen LogP contribution is 2.30. The molecule has 0 aliphatic heterocycles. The van der Waals surface area contributed by atoms with E-state index in [1.807, 2.05) is 54.6 Å². The quantitative estimate of drug-likeness (QED) is 0.0569. The number of aliphatic imine (C=N–C) groups is 1. The number of aromatic nitrogens is 2. The summed E-state index contributed by atoms with van der Waals surface area (Å²) in [6, 6.07) is 18.1. The molecule has 0 bridgehead atoms. The maximum absolute atomic E-state index is 13.3. The van der Waals surface area contributed by atoms with Crippen LogP contribution in [0.1, 0.15) is 93.8 Å². The molecule has 1 amide bonds. The van der Waals surface area contributed by atoms with E-state index in [1.165, 1.54) is 37.0 Å². The van der Waals surface area contributed by atoms with Crippen molar-refractivity contribution in [2.75, 3.05) is 6.61 Å². The Morgan fingerprint density at radius 3 is 2.10 bits per heavy atom. The molecule has 4 aromatic rings. The van der Waals surface area contributed by atoms with Crippen LogP contribution in [0.5, 0.6) is 5.75 Å². The van der Waals surface area contributed by atoms with Crippen molar-refractivity contribution in [3.63, 3.8) is 0 Å². The van der Waals surface area contributed by atoms with Crippen LogP contribution in [0, 0.1) is 5.92 Å². The summed E-state index contributed by atoms with van der Waals surface area (Å²) in [4.78, 5) is 40.1. The molecular weight excluding hydrogens is 649 g/mol. The fraction of sp³-hybridized carbons (Fsp3) is 0.425. The van der Waals surface area contributed by atoms with Crippen LogP contribution in [0.15, 0.2) is 78.0 Å². The minimum atomic E-state index is -1.45. The average Bonchev–Trinajstić information content (AvgIpc) is 3.61. The van der Waals surface area contributed by atoms with Gasteiger partial charge in [0.15, 0.2) is 5.82 Å². The van der Waals surface area contributed by atoms with Gasteiger partial charge in [-0.05, 0) is 53.1 Å². The molecule has 3 N–H and O–H groups in total. The topological polar surface area (TPSA) is 134 Å². The Morgan fingerprint density at radius 1 is 0.880 bits per heavy atom. The number of hydrogen-bond acceptors (Lipinski definition) is 8. The predicted octanol–water partition coefficient (Wildman–Crippen LogP) is 8.36. The zero-order chi connectivity index (χ0) is 36.3. The molecular formula is C40H50N4O5S. The normalized spacial score (nSPS) is 13.3. The van der Waals surface area contributed by atoms with Crippen molar-refractivity contribution >= 4 is 28.9 Å². The lowest BCUT2D eigenvalue weighted by Gasteiger charge is -2.23. The molecule has 0 saturated carbocycles. The van der Waals surface area contributed by atoms with Crippen molar-refractivity contribution < 1.29 is 24.5 Å². The number of nitrogens with one attached hydrogen (secondary N) is 1. The minimum absolute atomic E-state index is 0.123. The summed E-state index contributed by atoms with van der Waals surface area (Å²) in [5, 5.41) is 23.6. The van der Waals surface area contributed by atoms with Crippen LogP contribution < -0.4 is 10.1 Å². The highest BCUT2D eigenvalue weighted by Gasteiger charge is 2.27. The Kier molecular flexibility index (Phi) is 14.0. The van der Waals surface area contributed by atoms with Gasteiger partial charge >= 0.3 is 5.97 Å². The van der Waals surface area contributed by atoms with E-state index < -0.39 is 24.1 Å². The third kappa shape index (κ3) is 11.1. The van der Waals surface area contributed by atoms with Gasteiger partial charge < -0.3 is 14.9 Å². The van der Waals surface area contributed by atoms with E-state index in [4.69, 9.17) is 4.74 Å². The van der Waals surface area contributed by atoms with E-state index in [2.05, 4.69) is 48.0 Å². The first-order valence-electron chi connectivity index (χ1n) is 17.4. The average molecular weight is 699 g/mol. The number of nitrogens with zero attached hydrogens (tertiary/aromatic N) is 3. The van der Waals surface area contributed by atoms with Crippen LogP contribution in [0.2, 0.25) is 0 Å². The number of thiophene rings is 1. The Labute approximate surface area is 299 Å². The second-order valence-corrected chi connectivity index (χ2v) is 15.0. The summed E-state index contributed by atoms with van der Waals surface area (Å²) in [6.45, 7) is 12.6. The Morgan fingerprint density at radius 2 is 1.52 bits per heavy atom. The monoisotopic (exact) mass is 698 g/mol. The zero-order valence-corrected chi connectivity index (χ0v) is 30.8. The van der Waals surface area contributed by atoms with Crippen molar-refractivity contribution in [2.45, 2.75) is 97.8 Å². The number of ether oxygens (including phenoxy) is 1. The van der Waals surface area contributed by atoms with Crippen LogP contribution >= 0.6 is 11.3 Å². The molecule has 2 aromatic carbocycles. The highest BCUT2D eigenvalue weighted by molar-refractivity contribution is 7.14.